The van der Waals surface area contributed by atoms with Gasteiger partial charge in [-0.3, -0.25) is 5.32 Å². The number of rotatable bonds is 3. The van der Waals surface area contributed by atoms with E-state index in [4.69, 9.17) is 0 Å². The summed E-state index contributed by atoms with van der Waals surface area (Å²) in [6, 6.07) is -0.630. The second-order valence-corrected chi connectivity index (χ2v) is 5.12. The Hall–Kier alpha value is -2.25. The summed E-state index contributed by atoms with van der Waals surface area (Å²) in [6.45, 7) is 2.08. The highest BCUT2D eigenvalue weighted by Crippen LogP contribution is 2.32. The quantitative estimate of drug-likeness (QED) is 0.760. The van der Waals surface area contributed by atoms with E-state index in [1.807, 2.05) is 0 Å². The van der Waals surface area contributed by atoms with E-state index in [9.17, 15) is 14.7 Å². The first-order valence-corrected chi connectivity index (χ1v) is 6.48. The van der Waals surface area contributed by atoms with Crippen LogP contribution in [0, 0.1) is 5.92 Å². The van der Waals surface area contributed by atoms with Crippen LogP contribution in [-0.4, -0.2) is 37.8 Å². The van der Waals surface area contributed by atoms with Gasteiger partial charge in [0.25, 0.3) is 5.95 Å². The maximum absolute atomic E-state index is 11.9. The molecule has 8 nitrogen and oxygen atoms in total. The molecule has 1 aromatic heterocycles. The highest BCUT2D eigenvalue weighted by atomic mass is 16.4. The van der Waals surface area contributed by atoms with E-state index in [1.54, 1.807) is 0 Å². The first-order chi connectivity index (χ1) is 9.52. The number of urea groups is 1. The highest BCUT2D eigenvalue weighted by molar-refractivity contribution is 5.92. The maximum atomic E-state index is 11.9. The number of hydrogen-bond donors (Lipinski definition) is 3. The summed E-state index contributed by atoms with van der Waals surface area (Å²) < 4.78 is 0. The molecule has 2 rings (SSSR count). The number of anilines is 1. The third kappa shape index (κ3) is 3.19. The molecule has 0 atom stereocenters. The fourth-order valence-corrected chi connectivity index (χ4v) is 2.30. The van der Waals surface area contributed by atoms with Crippen LogP contribution < -0.4 is 10.6 Å². The van der Waals surface area contributed by atoms with Crippen molar-refractivity contribution in [1.82, 2.24) is 20.5 Å². The number of carboxylic acids is 1. The third-order valence-electron chi connectivity index (χ3n) is 3.60. The molecule has 0 saturated heterocycles. The fraction of sp³-hybridized carbons (Fsp3) is 0.583. The fourth-order valence-electron chi connectivity index (χ4n) is 2.30. The van der Waals surface area contributed by atoms with E-state index in [-0.39, 0.29) is 5.95 Å². The van der Waals surface area contributed by atoms with Crippen molar-refractivity contribution in [3.05, 3.63) is 12.4 Å². The molecule has 8 heteroatoms. The van der Waals surface area contributed by atoms with Gasteiger partial charge in [0.2, 0.25) is 0 Å². The van der Waals surface area contributed by atoms with Gasteiger partial charge in [-0.2, -0.15) is 5.10 Å². The average molecular weight is 279 g/mol. The molecule has 1 saturated carbocycles. The number of aliphatic carboxylic acids is 1. The van der Waals surface area contributed by atoms with Crippen LogP contribution in [0.1, 0.15) is 32.6 Å². The van der Waals surface area contributed by atoms with Gasteiger partial charge in [-0.05, 0) is 31.6 Å². The van der Waals surface area contributed by atoms with Crippen molar-refractivity contribution in [2.75, 3.05) is 5.32 Å². The summed E-state index contributed by atoms with van der Waals surface area (Å²) in [5, 5.41) is 21.5. The van der Waals surface area contributed by atoms with E-state index in [0.717, 1.165) is 12.8 Å². The molecule has 0 aliphatic heterocycles. The smallest absolute Gasteiger partial charge is 0.329 e. The number of carboxylic acid groups (broad SMARTS) is 1. The van der Waals surface area contributed by atoms with Gasteiger partial charge in [0.05, 0.1) is 12.4 Å². The molecular weight excluding hydrogens is 262 g/mol. The second-order valence-electron chi connectivity index (χ2n) is 5.12. The Kier molecular flexibility index (Phi) is 4.11. The summed E-state index contributed by atoms with van der Waals surface area (Å²) in [4.78, 5) is 27.2. The van der Waals surface area contributed by atoms with Gasteiger partial charge in [0.15, 0.2) is 0 Å². The summed E-state index contributed by atoms with van der Waals surface area (Å²) >= 11 is 0. The number of amides is 2. The molecule has 1 heterocycles. The molecule has 1 fully saturated rings. The van der Waals surface area contributed by atoms with Crippen molar-refractivity contribution in [1.29, 1.82) is 0 Å². The molecule has 0 spiro atoms. The summed E-state index contributed by atoms with van der Waals surface area (Å²) in [5.41, 5.74) is -1.21. The minimum atomic E-state index is -1.21. The van der Waals surface area contributed by atoms with Gasteiger partial charge >= 0.3 is 12.0 Å². The molecule has 1 aliphatic rings. The van der Waals surface area contributed by atoms with Crippen LogP contribution in [0.25, 0.3) is 0 Å². The normalized spacial score (nSPS) is 25.8. The Balaban J connectivity index is 2.02. The standard InChI is InChI=1S/C12H17N5O3/c1-8-2-4-12(5-3-8,9(18)19)16-11(20)15-10-13-6-7-14-17-10/h6-8H,2-5H2,1H3,(H,18,19)(H2,13,15,16,17,20). The van der Waals surface area contributed by atoms with Crippen molar-refractivity contribution in [3.8, 4) is 0 Å². The predicted octanol–water partition coefficient (Wildman–Crippen LogP) is 1.03. The lowest BCUT2D eigenvalue weighted by atomic mass is 9.77. The molecule has 1 aromatic rings. The number of nitrogens with zero attached hydrogens (tertiary/aromatic N) is 3. The van der Waals surface area contributed by atoms with Gasteiger partial charge in [-0.1, -0.05) is 6.92 Å². The Morgan fingerprint density at radius 3 is 2.60 bits per heavy atom. The van der Waals surface area contributed by atoms with Crippen molar-refractivity contribution in [3.63, 3.8) is 0 Å². The molecule has 3 N–H and O–H groups in total. The minimum Gasteiger partial charge on any atom is -0.480 e. The summed E-state index contributed by atoms with van der Waals surface area (Å²) in [5.74, 6) is -0.490. The van der Waals surface area contributed by atoms with Gasteiger partial charge < -0.3 is 10.4 Å². The van der Waals surface area contributed by atoms with E-state index in [2.05, 4.69) is 32.7 Å². The first-order valence-electron chi connectivity index (χ1n) is 6.48. The van der Waals surface area contributed by atoms with Gasteiger partial charge in [0.1, 0.15) is 5.54 Å². The lowest BCUT2D eigenvalue weighted by Gasteiger charge is -2.36. The topological polar surface area (TPSA) is 117 Å². The highest BCUT2D eigenvalue weighted by Gasteiger charge is 2.42. The Bertz CT molecular complexity index is 485. The van der Waals surface area contributed by atoms with Crippen LogP contribution >= 0.6 is 0 Å². The van der Waals surface area contributed by atoms with Crippen molar-refractivity contribution >= 4 is 17.9 Å². The number of carbonyl (C=O) groups excluding carboxylic acids is 1. The van der Waals surface area contributed by atoms with Crippen LogP contribution in [0.15, 0.2) is 12.4 Å². The van der Waals surface area contributed by atoms with Gasteiger partial charge in [-0.15, -0.1) is 5.10 Å². The molecule has 108 valence electrons. The zero-order valence-electron chi connectivity index (χ0n) is 11.2. The first kappa shape index (κ1) is 14.2. The molecule has 0 unspecified atom stereocenters. The molecular formula is C12H17N5O3. The largest absolute Gasteiger partial charge is 0.480 e. The zero-order valence-corrected chi connectivity index (χ0v) is 11.2. The number of nitrogens with one attached hydrogen (secondary N) is 2. The number of hydrogen-bond acceptors (Lipinski definition) is 5. The van der Waals surface area contributed by atoms with Crippen molar-refractivity contribution in [2.24, 2.45) is 5.92 Å². The Morgan fingerprint density at radius 1 is 1.35 bits per heavy atom. The third-order valence-corrected chi connectivity index (χ3v) is 3.60. The van der Waals surface area contributed by atoms with Crippen molar-refractivity contribution < 1.29 is 14.7 Å². The average Bonchev–Trinajstić information content (AvgIpc) is 2.42. The lowest BCUT2D eigenvalue weighted by Crippen LogP contribution is -2.57. The SMILES string of the molecule is CC1CCC(NC(=O)Nc2nccnn2)(C(=O)O)CC1. The second kappa shape index (κ2) is 5.81. The van der Waals surface area contributed by atoms with E-state index < -0.39 is 17.5 Å². The summed E-state index contributed by atoms with van der Waals surface area (Å²) in [7, 11) is 0. The maximum Gasteiger partial charge on any atom is 0.329 e. The molecule has 20 heavy (non-hydrogen) atoms. The number of carbonyl (C=O) groups is 2. The molecule has 0 aromatic carbocycles. The van der Waals surface area contributed by atoms with Crippen molar-refractivity contribution in [2.45, 2.75) is 38.1 Å². The zero-order chi connectivity index (χ0) is 14.6. The van der Waals surface area contributed by atoms with E-state index in [0.29, 0.717) is 18.8 Å². The lowest BCUT2D eigenvalue weighted by molar-refractivity contribution is -0.146. The van der Waals surface area contributed by atoms with Crippen LogP contribution in [-0.2, 0) is 4.79 Å². The van der Waals surface area contributed by atoms with Crippen LogP contribution in [0.3, 0.4) is 0 Å². The van der Waals surface area contributed by atoms with E-state index in [1.165, 1.54) is 12.4 Å². The van der Waals surface area contributed by atoms with Crippen LogP contribution in [0.5, 0.6) is 0 Å². The van der Waals surface area contributed by atoms with Crippen LogP contribution in [0.4, 0.5) is 10.7 Å². The van der Waals surface area contributed by atoms with Gasteiger partial charge in [0, 0.05) is 0 Å². The Labute approximate surface area is 116 Å². The Morgan fingerprint density at radius 2 is 2.05 bits per heavy atom. The monoisotopic (exact) mass is 279 g/mol. The van der Waals surface area contributed by atoms with E-state index >= 15 is 0 Å². The van der Waals surface area contributed by atoms with Gasteiger partial charge in [-0.25, -0.2) is 14.6 Å². The van der Waals surface area contributed by atoms with Crippen LogP contribution in [0.2, 0.25) is 0 Å². The minimum absolute atomic E-state index is 0.0368. The molecule has 0 radical (unpaired) electrons. The molecule has 2 amide bonds. The summed E-state index contributed by atoms with van der Waals surface area (Å²) in [6.07, 6.45) is 5.16. The molecule has 1 aliphatic carbocycles. The number of aromatic nitrogens is 3. The molecule has 0 bridgehead atoms. The predicted molar refractivity (Wildman–Crippen MR) is 70.0 cm³/mol.